The van der Waals surface area contributed by atoms with Crippen molar-refractivity contribution < 1.29 is 23.8 Å². The summed E-state index contributed by atoms with van der Waals surface area (Å²) in [5.74, 6) is -1.21. The van der Waals surface area contributed by atoms with Gasteiger partial charge in [0, 0.05) is 49.7 Å². The molecule has 0 saturated heterocycles. The van der Waals surface area contributed by atoms with Gasteiger partial charge in [0.2, 0.25) is 11.8 Å². The number of aromatic amines is 1. The first-order chi connectivity index (χ1) is 20.9. The molecule has 1 aliphatic rings. The van der Waals surface area contributed by atoms with E-state index < -0.39 is 17.9 Å². The number of carbonyl (C=O) groups is 4. The van der Waals surface area contributed by atoms with Crippen molar-refractivity contribution >= 4 is 40.3 Å². The van der Waals surface area contributed by atoms with Crippen LogP contribution in [0.15, 0.2) is 53.3 Å². The van der Waals surface area contributed by atoms with Crippen molar-refractivity contribution in [3.63, 3.8) is 0 Å². The van der Waals surface area contributed by atoms with Crippen molar-refractivity contribution in [1.82, 2.24) is 41.1 Å². The number of carbonyl (C=O) groups excluding carboxylic acids is 4. The molecule has 5 N–H and O–H groups in total. The summed E-state index contributed by atoms with van der Waals surface area (Å²) in [7, 11) is 0. The number of nitrogens with one attached hydrogen (secondary N) is 5. The molecular formula is C29H33N9O5. The molecule has 14 heteroatoms. The zero-order chi connectivity index (χ0) is 30.2. The van der Waals surface area contributed by atoms with Gasteiger partial charge < -0.3 is 31.2 Å². The minimum Gasteiger partial charge on any atom is -0.368 e. The lowest BCUT2D eigenvalue weighted by atomic mass is 10.0. The number of amides is 4. The molecule has 0 fully saturated rings. The highest BCUT2D eigenvalue weighted by Crippen LogP contribution is 2.19. The number of para-hydroxylation sites is 1. The van der Waals surface area contributed by atoms with Crippen LogP contribution in [0.1, 0.15) is 45.1 Å². The van der Waals surface area contributed by atoms with Crippen LogP contribution < -0.4 is 21.3 Å². The predicted octanol–water partition coefficient (Wildman–Crippen LogP) is 1.18. The summed E-state index contributed by atoms with van der Waals surface area (Å²) in [6, 6.07) is 11.8. The third kappa shape index (κ3) is 7.33. The smallest absolute Gasteiger partial charge is 0.278 e. The van der Waals surface area contributed by atoms with Crippen LogP contribution in [0.3, 0.4) is 0 Å². The van der Waals surface area contributed by atoms with Gasteiger partial charge in [-0.3, -0.25) is 19.2 Å². The van der Waals surface area contributed by atoms with Crippen molar-refractivity contribution in [3.8, 4) is 0 Å². The van der Waals surface area contributed by atoms with E-state index in [1.165, 1.54) is 4.90 Å². The topological polar surface area (TPSA) is 187 Å². The molecule has 0 aliphatic carbocycles. The van der Waals surface area contributed by atoms with Gasteiger partial charge in [-0.05, 0) is 48.7 Å². The zero-order valence-corrected chi connectivity index (χ0v) is 23.7. The molecule has 1 atom stereocenters. The molecule has 43 heavy (non-hydrogen) atoms. The average Bonchev–Trinajstić information content (AvgIpc) is 3.63. The summed E-state index contributed by atoms with van der Waals surface area (Å²) in [6.07, 6.45) is 3.13. The van der Waals surface area contributed by atoms with Gasteiger partial charge in [-0.15, -0.1) is 0 Å². The Balaban J connectivity index is 1.34. The Bertz CT molecular complexity index is 1610. The SMILES string of the molecule is Cc1nonc1C(=O)N1CCCCNC(=O)[C@H](Cc2c[nH]c3ccccc23)NC(=O)c2cccc(n2)NCCNC(=O)C1. The zero-order valence-electron chi connectivity index (χ0n) is 23.7. The van der Waals surface area contributed by atoms with Crippen LogP contribution in [0.4, 0.5) is 5.82 Å². The van der Waals surface area contributed by atoms with E-state index in [1.54, 1.807) is 25.1 Å². The lowest BCUT2D eigenvalue weighted by molar-refractivity contribution is -0.123. The fourth-order valence-corrected chi connectivity index (χ4v) is 4.83. The molecule has 0 unspecified atom stereocenters. The van der Waals surface area contributed by atoms with Gasteiger partial charge in [-0.1, -0.05) is 29.4 Å². The summed E-state index contributed by atoms with van der Waals surface area (Å²) < 4.78 is 4.68. The maximum absolute atomic E-state index is 13.4. The van der Waals surface area contributed by atoms with E-state index in [1.807, 2.05) is 30.5 Å². The maximum Gasteiger partial charge on any atom is 0.278 e. The number of rotatable bonds is 3. The second-order valence-electron chi connectivity index (χ2n) is 10.2. The molecule has 1 aliphatic heterocycles. The first-order valence-electron chi connectivity index (χ1n) is 14.1. The third-order valence-corrected chi connectivity index (χ3v) is 7.09. The van der Waals surface area contributed by atoms with Gasteiger partial charge in [0.1, 0.15) is 23.2 Å². The summed E-state index contributed by atoms with van der Waals surface area (Å²) in [5.41, 5.74) is 2.35. The Hall–Kier alpha value is -5.27. The number of fused-ring (bicyclic) bond motifs is 3. The first kappa shape index (κ1) is 29.2. The molecule has 4 aromatic rings. The highest BCUT2D eigenvalue weighted by Gasteiger charge is 2.26. The van der Waals surface area contributed by atoms with Gasteiger partial charge in [-0.2, -0.15) is 0 Å². The quantitative estimate of drug-likeness (QED) is 0.235. The Kier molecular flexibility index (Phi) is 9.24. The molecule has 0 spiro atoms. The summed E-state index contributed by atoms with van der Waals surface area (Å²) in [4.78, 5) is 61.4. The number of aryl methyl sites for hydroxylation is 1. The maximum atomic E-state index is 13.4. The molecule has 14 nitrogen and oxygen atoms in total. The highest BCUT2D eigenvalue weighted by atomic mass is 16.6. The first-order valence-corrected chi connectivity index (χ1v) is 14.1. The van der Waals surface area contributed by atoms with Crippen molar-refractivity contribution in [2.75, 3.05) is 38.0 Å². The Morgan fingerprint density at radius 1 is 0.977 bits per heavy atom. The highest BCUT2D eigenvalue weighted by molar-refractivity contribution is 5.97. The van der Waals surface area contributed by atoms with Crippen molar-refractivity contribution in [1.29, 1.82) is 0 Å². The second-order valence-corrected chi connectivity index (χ2v) is 10.2. The largest absolute Gasteiger partial charge is 0.368 e. The summed E-state index contributed by atoms with van der Waals surface area (Å²) >= 11 is 0. The van der Waals surface area contributed by atoms with Crippen molar-refractivity contribution in [3.05, 3.63) is 71.3 Å². The van der Waals surface area contributed by atoms with E-state index in [9.17, 15) is 19.2 Å². The fraction of sp³-hybridized carbons (Fsp3) is 0.345. The number of aromatic nitrogens is 4. The number of nitrogens with zero attached hydrogens (tertiary/aromatic N) is 4. The molecular weight excluding hydrogens is 554 g/mol. The summed E-state index contributed by atoms with van der Waals surface area (Å²) in [5, 5.41) is 19.9. The summed E-state index contributed by atoms with van der Waals surface area (Å²) in [6.45, 7) is 2.55. The van der Waals surface area contributed by atoms with Gasteiger partial charge in [0.15, 0.2) is 5.69 Å². The second kappa shape index (κ2) is 13.6. The molecule has 0 radical (unpaired) electrons. The van der Waals surface area contributed by atoms with E-state index in [0.717, 1.165) is 16.5 Å². The van der Waals surface area contributed by atoms with Crippen molar-refractivity contribution in [2.45, 2.75) is 32.2 Å². The van der Waals surface area contributed by atoms with Gasteiger partial charge in [0.25, 0.3) is 11.8 Å². The normalized spacial score (nSPS) is 17.6. The number of hydrogen-bond acceptors (Lipinski definition) is 9. The third-order valence-electron chi connectivity index (χ3n) is 7.09. The molecule has 224 valence electrons. The monoisotopic (exact) mass is 587 g/mol. The molecule has 0 saturated carbocycles. The molecule has 2 bridgehead atoms. The standard InChI is InChI=1S/C29H33N9O5/c1-18-26(37-43-36-18)29(42)38-14-5-4-11-32-27(40)23(15-19-16-33-21-8-3-2-7-20(19)21)35-28(41)22-9-6-10-24(34-22)30-12-13-31-25(39)17-38/h2-3,6-10,16,23,33H,4-5,11-15,17H2,1H3,(H,30,34)(H,31,39)(H,32,40)(H,35,41)/t23-/m0/s1. The predicted molar refractivity (Wildman–Crippen MR) is 156 cm³/mol. The van der Waals surface area contributed by atoms with E-state index in [2.05, 4.69) is 46.2 Å². The lowest BCUT2D eigenvalue weighted by Crippen LogP contribution is -2.48. The molecule has 1 aromatic carbocycles. The molecule has 4 heterocycles. The van der Waals surface area contributed by atoms with Gasteiger partial charge in [-0.25, -0.2) is 9.61 Å². The molecule has 5 rings (SSSR count). The van der Waals surface area contributed by atoms with E-state index in [4.69, 9.17) is 0 Å². The Labute approximate surface area is 247 Å². The Morgan fingerprint density at radius 3 is 2.65 bits per heavy atom. The van der Waals surface area contributed by atoms with Crippen molar-refractivity contribution in [2.24, 2.45) is 0 Å². The molecule has 4 amide bonds. The van der Waals surface area contributed by atoms with E-state index >= 15 is 0 Å². The minimum atomic E-state index is -0.866. The van der Waals surface area contributed by atoms with Crippen LogP contribution >= 0.6 is 0 Å². The number of H-pyrrole nitrogens is 1. The minimum absolute atomic E-state index is 0.0444. The average molecular weight is 588 g/mol. The number of pyridine rings is 1. The van der Waals surface area contributed by atoms with Crippen LogP contribution in [-0.4, -0.2) is 87.6 Å². The van der Waals surface area contributed by atoms with Crippen LogP contribution in [0, 0.1) is 6.92 Å². The lowest BCUT2D eigenvalue weighted by Gasteiger charge is -2.21. The van der Waals surface area contributed by atoms with E-state index in [0.29, 0.717) is 37.4 Å². The van der Waals surface area contributed by atoms with Crippen LogP contribution in [0.5, 0.6) is 0 Å². The number of anilines is 1. The van der Waals surface area contributed by atoms with Crippen LogP contribution in [0.25, 0.3) is 10.9 Å². The van der Waals surface area contributed by atoms with Gasteiger partial charge in [0.05, 0.1) is 6.54 Å². The van der Waals surface area contributed by atoms with Gasteiger partial charge >= 0.3 is 0 Å². The number of benzene rings is 1. The van der Waals surface area contributed by atoms with E-state index in [-0.39, 0.29) is 49.3 Å². The molecule has 3 aromatic heterocycles. The Morgan fingerprint density at radius 2 is 1.81 bits per heavy atom. The number of hydrogen-bond donors (Lipinski definition) is 5. The fourth-order valence-electron chi connectivity index (χ4n) is 4.83. The van der Waals surface area contributed by atoms with Crippen LogP contribution in [0.2, 0.25) is 0 Å². The van der Waals surface area contributed by atoms with Crippen LogP contribution in [-0.2, 0) is 16.0 Å².